The third-order valence-electron chi connectivity index (χ3n) is 8.30. The van der Waals surface area contributed by atoms with Crippen LogP contribution in [-0.4, -0.2) is 49.1 Å². The Balaban J connectivity index is 1.27. The second-order valence-corrected chi connectivity index (χ2v) is 12.0. The molecule has 1 saturated heterocycles. The van der Waals surface area contributed by atoms with E-state index in [0.717, 1.165) is 57.5 Å². The molecule has 1 heterocycles. The highest BCUT2D eigenvalue weighted by molar-refractivity contribution is 5.84. The molecule has 2 unspecified atom stereocenters. The second kappa shape index (κ2) is 8.11. The van der Waals surface area contributed by atoms with Crippen molar-refractivity contribution >= 4 is 11.8 Å². The van der Waals surface area contributed by atoms with E-state index in [-0.39, 0.29) is 23.3 Å². The van der Waals surface area contributed by atoms with Crippen LogP contribution in [0.2, 0.25) is 0 Å². The zero-order chi connectivity index (χ0) is 21.6. The van der Waals surface area contributed by atoms with Gasteiger partial charge in [0.2, 0.25) is 11.8 Å². The van der Waals surface area contributed by atoms with Gasteiger partial charge in [-0.25, -0.2) is 0 Å². The van der Waals surface area contributed by atoms with Gasteiger partial charge in [0.15, 0.2) is 0 Å². The standard InChI is InChI=1S/C25H42N2O3/c1-18(2)30-11-5-8-26-21(28)20-6-9-27(10-7-20)22(29)25-14-19-12-23(3,16-25)15-24(4,13-19)17-25/h18-20H,5-17H2,1-4H3,(H,26,28). The van der Waals surface area contributed by atoms with Gasteiger partial charge in [0.1, 0.15) is 0 Å². The average Bonchev–Trinajstić information content (AvgIpc) is 2.64. The van der Waals surface area contributed by atoms with Gasteiger partial charge < -0.3 is 15.0 Å². The normalized spacial score (nSPS) is 38.3. The number of hydrogen-bond donors (Lipinski definition) is 1. The van der Waals surface area contributed by atoms with Crippen molar-refractivity contribution in [2.24, 2.45) is 28.1 Å². The number of ether oxygens (including phenoxy) is 1. The number of carbonyl (C=O) groups is 2. The SMILES string of the molecule is CC(C)OCCCNC(=O)C1CCN(C(=O)C23CC4CC(C)(CC(C)(C4)C2)C3)CC1. The summed E-state index contributed by atoms with van der Waals surface area (Å²) in [4.78, 5) is 28.4. The summed E-state index contributed by atoms with van der Waals surface area (Å²) in [6.07, 6.45) is 9.91. The lowest BCUT2D eigenvalue weighted by Crippen LogP contribution is -2.61. The monoisotopic (exact) mass is 418 g/mol. The first-order chi connectivity index (χ1) is 14.1. The van der Waals surface area contributed by atoms with Crippen LogP contribution in [0, 0.1) is 28.1 Å². The van der Waals surface area contributed by atoms with E-state index < -0.39 is 0 Å². The molecule has 0 spiro atoms. The van der Waals surface area contributed by atoms with E-state index in [1.165, 1.54) is 19.3 Å². The predicted octanol–water partition coefficient (Wildman–Crippen LogP) is 4.15. The van der Waals surface area contributed by atoms with Gasteiger partial charge in [0, 0.05) is 32.2 Å². The number of rotatable bonds is 7. The molecule has 0 aromatic rings. The van der Waals surface area contributed by atoms with Crippen LogP contribution in [0.1, 0.15) is 85.5 Å². The number of hydrogen-bond acceptors (Lipinski definition) is 3. The van der Waals surface area contributed by atoms with E-state index in [1.807, 2.05) is 13.8 Å². The Bertz CT molecular complexity index is 649. The zero-order valence-electron chi connectivity index (χ0n) is 19.6. The lowest BCUT2D eigenvalue weighted by molar-refractivity contribution is -0.180. The molecule has 2 atom stereocenters. The van der Waals surface area contributed by atoms with Crippen LogP contribution in [-0.2, 0) is 14.3 Å². The Kier molecular flexibility index (Phi) is 5.97. The number of likely N-dealkylation sites (tertiary alicyclic amines) is 1. The predicted molar refractivity (Wildman–Crippen MR) is 118 cm³/mol. The topological polar surface area (TPSA) is 58.6 Å². The molecule has 5 rings (SSSR count). The van der Waals surface area contributed by atoms with Crippen LogP contribution in [0.4, 0.5) is 0 Å². The van der Waals surface area contributed by atoms with Gasteiger partial charge in [-0.15, -0.1) is 0 Å². The molecule has 0 radical (unpaired) electrons. The van der Waals surface area contributed by atoms with Crippen molar-refractivity contribution in [2.75, 3.05) is 26.2 Å². The van der Waals surface area contributed by atoms with Gasteiger partial charge >= 0.3 is 0 Å². The maximum atomic E-state index is 13.7. The summed E-state index contributed by atoms with van der Waals surface area (Å²) in [5.74, 6) is 1.35. The Hall–Kier alpha value is -1.10. The number of nitrogens with zero attached hydrogens (tertiary/aromatic N) is 1. The minimum atomic E-state index is -0.117. The summed E-state index contributed by atoms with van der Waals surface area (Å²) in [6, 6.07) is 0. The van der Waals surface area contributed by atoms with E-state index in [4.69, 9.17) is 4.74 Å². The molecule has 2 amide bonds. The molecule has 5 nitrogen and oxygen atoms in total. The van der Waals surface area contributed by atoms with E-state index in [0.29, 0.717) is 29.9 Å². The van der Waals surface area contributed by atoms with Crippen molar-refractivity contribution in [3.8, 4) is 0 Å². The van der Waals surface area contributed by atoms with Crippen LogP contribution in [0.5, 0.6) is 0 Å². The molecule has 30 heavy (non-hydrogen) atoms. The maximum Gasteiger partial charge on any atom is 0.228 e. The fraction of sp³-hybridized carbons (Fsp3) is 0.920. The van der Waals surface area contributed by atoms with Gasteiger partial charge in [0.05, 0.1) is 11.5 Å². The van der Waals surface area contributed by atoms with E-state index in [1.54, 1.807) is 0 Å². The summed E-state index contributed by atoms with van der Waals surface area (Å²) in [5, 5.41) is 3.07. The molecule has 5 fully saturated rings. The second-order valence-electron chi connectivity index (χ2n) is 12.0. The highest BCUT2D eigenvalue weighted by Gasteiger charge is 2.63. The molecular formula is C25H42N2O3. The minimum Gasteiger partial charge on any atom is -0.379 e. The van der Waals surface area contributed by atoms with Crippen molar-refractivity contribution in [3.05, 3.63) is 0 Å². The van der Waals surface area contributed by atoms with E-state index >= 15 is 0 Å². The fourth-order valence-corrected chi connectivity index (χ4v) is 8.11. The highest BCUT2D eigenvalue weighted by Crippen LogP contribution is 2.69. The third-order valence-corrected chi connectivity index (χ3v) is 8.30. The average molecular weight is 419 g/mol. The van der Waals surface area contributed by atoms with Crippen molar-refractivity contribution in [3.63, 3.8) is 0 Å². The molecule has 4 saturated carbocycles. The summed E-state index contributed by atoms with van der Waals surface area (Å²) in [5.41, 5.74) is 0.608. The van der Waals surface area contributed by atoms with Crippen LogP contribution in [0.3, 0.4) is 0 Å². The summed E-state index contributed by atoms with van der Waals surface area (Å²) in [7, 11) is 0. The molecule has 1 aliphatic heterocycles. The first kappa shape index (κ1) is 22.1. The lowest BCUT2D eigenvalue weighted by Gasteiger charge is -2.65. The quantitative estimate of drug-likeness (QED) is 0.632. The van der Waals surface area contributed by atoms with Gasteiger partial charge in [-0.2, -0.15) is 0 Å². The molecule has 0 aromatic heterocycles. The number of amides is 2. The fourth-order valence-electron chi connectivity index (χ4n) is 8.11. The molecule has 170 valence electrons. The molecule has 5 aliphatic rings. The molecule has 5 heteroatoms. The number of nitrogens with one attached hydrogen (secondary N) is 1. The van der Waals surface area contributed by atoms with E-state index in [2.05, 4.69) is 24.1 Å². The van der Waals surface area contributed by atoms with Crippen LogP contribution < -0.4 is 5.32 Å². The Labute approximate surface area is 182 Å². The third kappa shape index (κ3) is 4.42. The zero-order valence-corrected chi connectivity index (χ0v) is 19.6. The molecule has 4 aliphatic carbocycles. The summed E-state index contributed by atoms with van der Waals surface area (Å²) >= 11 is 0. The number of piperidine rings is 1. The molecule has 1 N–H and O–H groups in total. The van der Waals surface area contributed by atoms with Gasteiger partial charge in [0.25, 0.3) is 0 Å². The van der Waals surface area contributed by atoms with Crippen LogP contribution in [0.25, 0.3) is 0 Å². The van der Waals surface area contributed by atoms with Crippen molar-refractivity contribution in [1.29, 1.82) is 0 Å². The highest BCUT2D eigenvalue weighted by atomic mass is 16.5. The molecule has 4 bridgehead atoms. The Morgan fingerprint density at radius 2 is 1.67 bits per heavy atom. The van der Waals surface area contributed by atoms with Gasteiger partial charge in [-0.1, -0.05) is 13.8 Å². The largest absolute Gasteiger partial charge is 0.379 e. The van der Waals surface area contributed by atoms with Crippen molar-refractivity contribution in [2.45, 2.75) is 91.6 Å². The minimum absolute atomic E-state index is 0.0477. The number of carbonyl (C=O) groups excluding carboxylic acids is 2. The van der Waals surface area contributed by atoms with Crippen molar-refractivity contribution < 1.29 is 14.3 Å². The Morgan fingerprint density at radius 1 is 1.03 bits per heavy atom. The first-order valence-corrected chi connectivity index (χ1v) is 12.3. The van der Waals surface area contributed by atoms with Crippen LogP contribution >= 0.6 is 0 Å². The smallest absolute Gasteiger partial charge is 0.228 e. The van der Waals surface area contributed by atoms with Crippen LogP contribution in [0.15, 0.2) is 0 Å². The summed E-state index contributed by atoms with van der Waals surface area (Å²) in [6.45, 7) is 11.8. The maximum absolute atomic E-state index is 13.7. The van der Waals surface area contributed by atoms with Gasteiger partial charge in [-0.05, 0) is 88.4 Å². The lowest BCUT2D eigenvalue weighted by atomic mass is 9.40. The van der Waals surface area contributed by atoms with Gasteiger partial charge in [-0.3, -0.25) is 9.59 Å². The van der Waals surface area contributed by atoms with Crippen molar-refractivity contribution in [1.82, 2.24) is 10.2 Å². The summed E-state index contributed by atoms with van der Waals surface area (Å²) < 4.78 is 5.53. The first-order valence-electron chi connectivity index (χ1n) is 12.3. The Morgan fingerprint density at radius 3 is 2.23 bits per heavy atom. The molecule has 0 aromatic carbocycles. The van der Waals surface area contributed by atoms with E-state index in [9.17, 15) is 9.59 Å². The molecular weight excluding hydrogens is 376 g/mol.